The zero-order valence-corrected chi connectivity index (χ0v) is 21.5. The number of piperidine rings is 1. The fraction of sp³-hybridized carbons (Fsp3) is 0.458. The molecule has 8 nitrogen and oxygen atoms in total. The number of ether oxygens (including phenoxy) is 1. The van der Waals surface area contributed by atoms with E-state index in [0.29, 0.717) is 23.7 Å². The summed E-state index contributed by atoms with van der Waals surface area (Å²) in [6.07, 6.45) is 3.54. The maximum atomic E-state index is 13.3. The fourth-order valence-corrected chi connectivity index (χ4v) is 5.86. The summed E-state index contributed by atoms with van der Waals surface area (Å²) in [4.78, 5) is 41.7. The largest absolute Gasteiger partial charge is 0.413 e. The molecule has 2 fully saturated rings. The van der Waals surface area contributed by atoms with E-state index >= 15 is 0 Å². The van der Waals surface area contributed by atoms with Crippen LogP contribution in [0.5, 0.6) is 5.06 Å². The fourth-order valence-electron chi connectivity index (χ4n) is 4.66. The van der Waals surface area contributed by atoms with Crippen molar-refractivity contribution in [2.75, 3.05) is 24.5 Å². The monoisotopic (exact) mass is 548 g/mol. The Bertz CT molecular complexity index is 1070. The highest BCUT2D eigenvalue weighted by molar-refractivity contribution is 9.11. The number of nitrogens with zero attached hydrogens (tertiary/aromatic N) is 2. The summed E-state index contributed by atoms with van der Waals surface area (Å²) in [5.41, 5.74) is 7.96. The summed E-state index contributed by atoms with van der Waals surface area (Å²) in [7, 11) is 0. The van der Waals surface area contributed by atoms with Crippen molar-refractivity contribution in [1.82, 2.24) is 10.2 Å². The van der Waals surface area contributed by atoms with Crippen LogP contribution >= 0.6 is 27.3 Å². The first-order chi connectivity index (χ1) is 16.4. The zero-order valence-electron chi connectivity index (χ0n) is 19.1. The highest BCUT2D eigenvalue weighted by Gasteiger charge is 2.33. The van der Waals surface area contributed by atoms with Crippen LogP contribution in [0, 0.1) is 6.92 Å². The average molecular weight is 549 g/mol. The van der Waals surface area contributed by atoms with Gasteiger partial charge in [-0.25, -0.2) is 4.79 Å². The third-order valence-electron chi connectivity index (χ3n) is 6.33. The minimum atomic E-state index is -0.584. The van der Waals surface area contributed by atoms with Crippen molar-refractivity contribution in [3.63, 3.8) is 0 Å². The predicted octanol–water partition coefficient (Wildman–Crippen LogP) is 4.06. The van der Waals surface area contributed by atoms with Gasteiger partial charge in [-0.1, -0.05) is 11.3 Å². The van der Waals surface area contributed by atoms with Gasteiger partial charge < -0.3 is 25.6 Å². The molecule has 182 valence electrons. The topological polar surface area (TPSA) is 105 Å². The van der Waals surface area contributed by atoms with Crippen LogP contribution in [0.2, 0.25) is 0 Å². The molecule has 3 N–H and O–H groups in total. The lowest BCUT2D eigenvalue weighted by molar-refractivity contribution is -0.117. The summed E-state index contributed by atoms with van der Waals surface area (Å²) >= 11 is 4.64. The van der Waals surface area contributed by atoms with Gasteiger partial charge in [-0.05, 0) is 91.0 Å². The molecule has 2 unspecified atom stereocenters. The normalized spacial score (nSPS) is 20.5. The molecular formula is C24H29BrN4O4S. The Labute approximate surface area is 211 Å². The first kappa shape index (κ1) is 24.7. The number of amides is 3. The molecule has 0 bridgehead atoms. The first-order valence-corrected chi connectivity index (χ1v) is 13.1. The molecule has 2 saturated heterocycles. The van der Waals surface area contributed by atoms with Crippen LogP contribution in [-0.2, 0) is 4.79 Å². The van der Waals surface area contributed by atoms with Crippen LogP contribution in [0.3, 0.4) is 0 Å². The van der Waals surface area contributed by atoms with E-state index in [1.165, 1.54) is 11.3 Å². The van der Waals surface area contributed by atoms with Gasteiger partial charge in [0.05, 0.1) is 9.83 Å². The SMILES string of the molecule is Cc1cc(N2CC(NC(=O)Oc3ccc(Br)s3)CC2=O)ccc1C(=O)N1CCCCC1CCN. The molecule has 34 heavy (non-hydrogen) atoms. The molecule has 2 aromatic rings. The van der Waals surface area contributed by atoms with Gasteiger partial charge in [-0.2, -0.15) is 0 Å². The third-order valence-corrected chi connectivity index (χ3v) is 7.83. The Morgan fingerprint density at radius 1 is 1.26 bits per heavy atom. The number of carbonyl (C=O) groups is 3. The number of halogens is 1. The molecular weight excluding hydrogens is 520 g/mol. The van der Waals surface area contributed by atoms with E-state index in [0.717, 1.165) is 47.3 Å². The van der Waals surface area contributed by atoms with Crippen molar-refractivity contribution in [3.8, 4) is 5.06 Å². The number of benzene rings is 1. The molecule has 2 aliphatic rings. The van der Waals surface area contributed by atoms with E-state index in [2.05, 4.69) is 21.2 Å². The minimum Gasteiger partial charge on any atom is -0.399 e. The molecule has 0 spiro atoms. The average Bonchev–Trinajstić information content (AvgIpc) is 3.38. The van der Waals surface area contributed by atoms with Gasteiger partial charge in [0.2, 0.25) is 5.91 Å². The van der Waals surface area contributed by atoms with Crippen LogP contribution in [-0.4, -0.2) is 54.5 Å². The van der Waals surface area contributed by atoms with Gasteiger partial charge in [0.15, 0.2) is 5.06 Å². The number of likely N-dealkylation sites (tertiary alicyclic amines) is 1. The highest BCUT2D eigenvalue weighted by atomic mass is 79.9. The molecule has 0 radical (unpaired) electrons. The second-order valence-corrected chi connectivity index (χ2v) is 11.1. The molecule has 2 aliphatic heterocycles. The Morgan fingerprint density at radius 2 is 2.09 bits per heavy atom. The Kier molecular flexibility index (Phi) is 7.90. The van der Waals surface area contributed by atoms with E-state index < -0.39 is 6.09 Å². The zero-order chi connectivity index (χ0) is 24.2. The lowest BCUT2D eigenvalue weighted by atomic mass is 9.97. The number of hydrogen-bond donors (Lipinski definition) is 2. The van der Waals surface area contributed by atoms with Crippen molar-refractivity contribution < 1.29 is 19.1 Å². The molecule has 10 heteroatoms. The summed E-state index contributed by atoms with van der Waals surface area (Å²) in [6, 6.07) is 8.82. The van der Waals surface area contributed by atoms with Crippen LogP contribution in [0.15, 0.2) is 34.1 Å². The van der Waals surface area contributed by atoms with E-state index in [9.17, 15) is 14.4 Å². The van der Waals surface area contributed by atoms with Gasteiger partial charge >= 0.3 is 6.09 Å². The molecule has 4 rings (SSSR count). The van der Waals surface area contributed by atoms with E-state index in [4.69, 9.17) is 10.5 Å². The number of hydrogen-bond acceptors (Lipinski definition) is 6. The molecule has 3 heterocycles. The van der Waals surface area contributed by atoms with Crippen molar-refractivity contribution in [3.05, 3.63) is 45.2 Å². The highest BCUT2D eigenvalue weighted by Crippen LogP contribution is 2.30. The minimum absolute atomic E-state index is 0.0254. The van der Waals surface area contributed by atoms with E-state index in [1.807, 2.05) is 24.0 Å². The lowest BCUT2D eigenvalue weighted by Crippen LogP contribution is -2.44. The van der Waals surface area contributed by atoms with E-state index in [-0.39, 0.29) is 30.3 Å². The number of aryl methyl sites for hydroxylation is 1. The number of thiophene rings is 1. The first-order valence-electron chi connectivity index (χ1n) is 11.5. The molecule has 1 aromatic heterocycles. The third kappa shape index (κ3) is 5.61. The summed E-state index contributed by atoms with van der Waals surface area (Å²) in [5, 5.41) is 3.24. The Hall–Kier alpha value is -2.43. The van der Waals surface area contributed by atoms with Gasteiger partial charge in [0.1, 0.15) is 0 Å². The van der Waals surface area contributed by atoms with E-state index in [1.54, 1.807) is 23.1 Å². The molecule has 0 saturated carbocycles. The van der Waals surface area contributed by atoms with Crippen molar-refractivity contribution >= 4 is 50.9 Å². The second-order valence-electron chi connectivity index (χ2n) is 8.72. The molecule has 3 amide bonds. The standard InChI is InChI=1S/C24H29BrN4O4S/c1-15-12-18(5-6-19(15)23(31)28-11-3-2-4-17(28)9-10-26)29-14-16(13-21(29)30)27-24(32)33-22-8-7-20(25)34-22/h5-8,12,16-17H,2-4,9-11,13-14,26H2,1H3,(H,27,32). The maximum Gasteiger partial charge on any atom is 0.413 e. The quantitative estimate of drug-likeness (QED) is 0.566. The number of nitrogens with two attached hydrogens (primary N) is 1. The summed E-state index contributed by atoms with van der Waals surface area (Å²) < 4.78 is 6.14. The molecule has 2 atom stereocenters. The number of anilines is 1. The van der Waals surface area contributed by atoms with Crippen LogP contribution in [0.4, 0.5) is 10.5 Å². The molecule has 0 aliphatic carbocycles. The Balaban J connectivity index is 1.40. The van der Waals surface area contributed by atoms with Crippen LogP contribution in [0.1, 0.15) is 48.0 Å². The number of rotatable bonds is 6. The predicted molar refractivity (Wildman–Crippen MR) is 135 cm³/mol. The van der Waals surface area contributed by atoms with Gasteiger partial charge in [0, 0.05) is 36.8 Å². The van der Waals surface area contributed by atoms with Gasteiger partial charge in [-0.3, -0.25) is 9.59 Å². The summed E-state index contributed by atoms with van der Waals surface area (Å²) in [6.45, 7) is 3.56. The van der Waals surface area contributed by atoms with Crippen molar-refractivity contribution in [2.24, 2.45) is 5.73 Å². The smallest absolute Gasteiger partial charge is 0.399 e. The number of nitrogens with one attached hydrogen (secondary N) is 1. The Morgan fingerprint density at radius 3 is 2.79 bits per heavy atom. The molecule has 1 aromatic carbocycles. The van der Waals surface area contributed by atoms with Crippen LogP contribution < -0.4 is 20.7 Å². The van der Waals surface area contributed by atoms with Gasteiger partial charge in [-0.15, -0.1) is 0 Å². The van der Waals surface area contributed by atoms with Crippen molar-refractivity contribution in [2.45, 2.75) is 51.1 Å². The lowest BCUT2D eigenvalue weighted by Gasteiger charge is -2.36. The number of carbonyl (C=O) groups excluding carboxylic acids is 3. The summed E-state index contributed by atoms with van der Waals surface area (Å²) in [5.74, 6) is -0.0564. The van der Waals surface area contributed by atoms with Crippen molar-refractivity contribution in [1.29, 1.82) is 0 Å². The van der Waals surface area contributed by atoms with Crippen LogP contribution in [0.25, 0.3) is 0 Å². The van der Waals surface area contributed by atoms with Gasteiger partial charge in [0.25, 0.3) is 5.91 Å². The maximum absolute atomic E-state index is 13.3. The second kappa shape index (κ2) is 10.9.